The van der Waals surface area contributed by atoms with Gasteiger partial charge in [-0.1, -0.05) is 0 Å². The molecule has 0 saturated heterocycles. The van der Waals surface area contributed by atoms with E-state index >= 15 is 0 Å². The van der Waals surface area contributed by atoms with E-state index in [0.29, 0.717) is 0 Å². The average Bonchev–Trinajstić information content (AvgIpc) is 1.85. The van der Waals surface area contributed by atoms with Gasteiger partial charge in [0.05, 0.1) is 12.5 Å². The molecular weight excluding hydrogens is 138 g/mol. The van der Waals surface area contributed by atoms with Crippen molar-refractivity contribution in [1.82, 2.24) is 0 Å². The molecule has 4 heteroatoms. The molecule has 9 heavy (non-hydrogen) atoms. The Bertz CT molecular complexity index is 146. The summed E-state index contributed by atoms with van der Waals surface area (Å²) >= 11 is 0. The molecule has 0 spiro atoms. The predicted octanol–water partition coefficient (Wildman–Crippen LogP) is -0.642. The topological polar surface area (TPSA) is 60.2 Å². The molecule has 52 valence electrons. The molecule has 0 radical (unpaired) electrons. The maximum atomic E-state index is 10.4. The van der Waals surface area contributed by atoms with E-state index in [2.05, 4.69) is 0 Å². The van der Waals surface area contributed by atoms with Crippen molar-refractivity contribution in [2.24, 2.45) is 5.73 Å². The van der Waals surface area contributed by atoms with Crippen LogP contribution in [0.3, 0.4) is 0 Å². The highest BCUT2D eigenvalue weighted by molar-refractivity contribution is 7.59. The lowest BCUT2D eigenvalue weighted by atomic mass is 10.3. The van der Waals surface area contributed by atoms with Gasteiger partial charge in [0.2, 0.25) is 0 Å². The first-order valence-electron chi connectivity index (χ1n) is 2.50. The van der Waals surface area contributed by atoms with Crippen LogP contribution in [0.15, 0.2) is 0 Å². The van der Waals surface area contributed by atoms with Crippen LogP contribution in [0, 0.1) is 0 Å². The SMILES string of the molecule is N[C@H]1CC(=O)CC1=O.S. The monoisotopic (exact) mass is 147 g/mol. The van der Waals surface area contributed by atoms with Crippen molar-refractivity contribution >= 4 is 25.1 Å². The van der Waals surface area contributed by atoms with E-state index in [1.54, 1.807) is 0 Å². The third kappa shape index (κ3) is 1.80. The van der Waals surface area contributed by atoms with Gasteiger partial charge in [-0.25, -0.2) is 0 Å². The van der Waals surface area contributed by atoms with Gasteiger partial charge in [0.1, 0.15) is 5.78 Å². The number of ketones is 2. The lowest BCUT2D eigenvalue weighted by Crippen LogP contribution is -2.23. The molecule has 3 nitrogen and oxygen atoms in total. The van der Waals surface area contributed by atoms with Crippen LogP contribution in [0.1, 0.15) is 12.8 Å². The summed E-state index contributed by atoms with van der Waals surface area (Å²) in [6.07, 6.45) is 0.306. The quantitative estimate of drug-likeness (QED) is 0.463. The second-order valence-electron chi connectivity index (χ2n) is 1.99. The third-order valence-corrected chi connectivity index (χ3v) is 1.23. The first kappa shape index (κ1) is 8.65. The summed E-state index contributed by atoms with van der Waals surface area (Å²) in [7, 11) is 0. The zero-order valence-corrected chi connectivity index (χ0v) is 5.89. The van der Waals surface area contributed by atoms with Crippen molar-refractivity contribution in [3.8, 4) is 0 Å². The van der Waals surface area contributed by atoms with Gasteiger partial charge in [0, 0.05) is 6.42 Å². The summed E-state index contributed by atoms with van der Waals surface area (Å²) in [5, 5.41) is 0. The highest BCUT2D eigenvalue weighted by atomic mass is 32.1. The van der Waals surface area contributed by atoms with Crippen LogP contribution in [0.2, 0.25) is 0 Å². The fourth-order valence-corrected chi connectivity index (χ4v) is 0.757. The standard InChI is InChI=1S/C5H7NO2.H2S/c6-4-1-3(7)2-5(4)8;/h4H,1-2,6H2;1H2/t4-;/m0./s1. The summed E-state index contributed by atoms with van der Waals surface area (Å²) in [4.78, 5) is 20.8. The van der Waals surface area contributed by atoms with Gasteiger partial charge in [-0.3, -0.25) is 9.59 Å². The molecule has 0 amide bonds. The second kappa shape index (κ2) is 2.98. The van der Waals surface area contributed by atoms with Gasteiger partial charge in [-0.05, 0) is 0 Å². The van der Waals surface area contributed by atoms with Crippen molar-refractivity contribution < 1.29 is 9.59 Å². The molecule has 1 saturated carbocycles. The molecule has 2 N–H and O–H groups in total. The second-order valence-corrected chi connectivity index (χ2v) is 1.99. The molecule has 1 atom stereocenters. The van der Waals surface area contributed by atoms with Gasteiger partial charge in [-0.2, -0.15) is 13.5 Å². The molecule has 0 heterocycles. The Morgan fingerprint density at radius 1 is 1.44 bits per heavy atom. The van der Waals surface area contributed by atoms with Crippen LogP contribution in [0.4, 0.5) is 0 Å². The molecule has 0 aromatic heterocycles. The Kier molecular flexibility index (Phi) is 2.87. The van der Waals surface area contributed by atoms with Crippen molar-refractivity contribution in [2.45, 2.75) is 18.9 Å². The summed E-state index contributed by atoms with van der Waals surface area (Å²) < 4.78 is 0. The fourth-order valence-electron chi connectivity index (χ4n) is 0.757. The van der Waals surface area contributed by atoms with Crippen LogP contribution in [-0.2, 0) is 9.59 Å². The van der Waals surface area contributed by atoms with E-state index in [0.717, 1.165) is 0 Å². The first-order chi connectivity index (χ1) is 3.70. The molecule has 0 aromatic rings. The number of hydrogen-bond donors (Lipinski definition) is 1. The van der Waals surface area contributed by atoms with Crippen molar-refractivity contribution in [1.29, 1.82) is 0 Å². The maximum Gasteiger partial charge on any atom is 0.157 e. The molecule has 0 aliphatic heterocycles. The van der Waals surface area contributed by atoms with Crippen molar-refractivity contribution in [3.63, 3.8) is 0 Å². The molecule has 0 bridgehead atoms. The number of rotatable bonds is 0. The van der Waals surface area contributed by atoms with Gasteiger partial charge in [-0.15, -0.1) is 0 Å². The van der Waals surface area contributed by atoms with E-state index in [1.165, 1.54) is 0 Å². The van der Waals surface area contributed by atoms with E-state index in [4.69, 9.17) is 5.73 Å². The Morgan fingerprint density at radius 2 is 2.00 bits per heavy atom. The minimum atomic E-state index is -0.498. The Labute approximate surface area is 60.0 Å². The van der Waals surface area contributed by atoms with Crippen LogP contribution < -0.4 is 5.73 Å². The molecule has 1 aliphatic carbocycles. The van der Waals surface area contributed by atoms with Gasteiger partial charge in [0.15, 0.2) is 5.78 Å². The lowest BCUT2D eigenvalue weighted by Gasteiger charge is -1.90. The Hall–Kier alpha value is -0.350. The summed E-state index contributed by atoms with van der Waals surface area (Å²) in [5.41, 5.74) is 5.20. The van der Waals surface area contributed by atoms with E-state index in [9.17, 15) is 9.59 Å². The van der Waals surface area contributed by atoms with E-state index < -0.39 is 6.04 Å². The number of nitrogens with two attached hydrogens (primary N) is 1. The van der Waals surface area contributed by atoms with Crippen molar-refractivity contribution in [3.05, 3.63) is 0 Å². The number of Topliss-reactive ketones (excluding diaryl/α,β-unsaturated/α-hetero) is 2. The molecule has 1 aliphatic rings. The number of carbonyl (C=O) groups is 2. The highest BCUT2D eigenvalue weighted by Gasteiger charge is 2.26. The van der Waals surface area contributed by atoms with Crippen LogP contribution in [-0.4, -0.2) is 17.6 Å². The molecule has 0 aromatic carbocycles. The molecule has 0 unspecified atom stereocenters. The Balaban J connectivity index is 0.000000640. The minimum Gasteiger partial charge on any atom is -0.321 e. The van der Waals surface area contributed by atoms with Crippen LogP contribution in [0.5, 0.6) is 0 Å². The van der Waals surface area contributed by atoms with Crippen molar-refractivity contribution in [2.75, 3.05) is 0 Å². The zero-order chi connectivity index (χ0) is 6.15. The zero-order valence-electron chi connectivity index (χ0n) is 4.89. The van der Waals surface area contributed by atoms with E-state index in [-0.39, 0.29) is 37.9 Å². The van der Waals surface area contributed by atoms with Gasteiger partial charge < -0.3 is 5.73 Å². The van der Waals surface area contributed by atoms with Crippen LogP contribution in [0.25, 0.3) is 0 Å². The first-order valence-corrected chi connectivity index (χ1v) is 2.50. The normalized spacial score (nSPS) is 26.1. The summed E-state index contributed by atoms with van der Waals surface area (Å²) in [6.45, 7) is 0. The van der Waals surface area contributed by atoms with Gasteiger partial charge >= 0.3 is 0 Å². The third-order valence-electron chi connectivity index (χ3n) is 1.23. The largest absolute Gasteiger partial charge is 0.321 e. The predicted molar refractivity (Wildman–Crippen MR) is 37.6 cm³/mol. The van der Waals surface area contributed by atoms with E-state index in [1.807, 2.05) is 0 Å². The number of hydrogen-bond acceptors (Lipinski definition) is 3. The van der Waals surface area contributed by atoms with Gasteiger partial charge in [0.25, 0.3) is 0 Å². The molecule has 1 fully saturated rings. The van der Waals surface area contributed by atoms with Crippen LogP contribution >= 0.6 is 13.5 Å². The summed E-state index contributed by atoms with van der Waals surface area (Å²) in [5.74, 6) is -0.141. The molecule has 1 rings (SSSR count). The highest BCUT2D eigenvalue weighted by Crippen LogP contribution is 2.07. The Morgan fingerprint density at radius 3 is 2.11 bits per heavy atom. The minimum absolute atomic E-state index is 0. The average molecular weight is 147 g/mol. The molecular formula is C5H9NO2S. The fraction of sp³-hybridized carbons (Fsp3) is 0.600. The number of carbonyl (C=O) groups excluding carboxylic acids is 2. The maximum absolute atomic E-state index is 10.4. The smallest absolute Gasteiger partial charge is 0.157 e. The summed E-state index contributed by atoms with van der Waals surface area (Å²) in [6, 6.07) is -0.498. The lowest BCUT2D eigenvalue weighted by molar-refractivity contribution is -0.121.